The van der Waals surface area contributed by atoms with Gasteiger partial charge in [-0.2, -0.15) is 0 Å². The lowest BCUT2D eigenvalue weighted by atomic mass is 9.90. The largest absolute Gasteiger partial charge is 0.456 e. The number of hydrogen-bond acceptors (Lipinski definition) is 2. The maximum Gasteiger partial charge on any atom is 0.135 e. The Morgan fingerprint density at radius 3 is 1.64 bits per heavy atom. The monoisotopic (exact) mass is 739 g/mol. The highest BCUT2D eigenvalue weighted by Gasteiger charge is 2.20. The normalized spacial score (nSPS) is 11.4. The molecule has 0 radical (unpaired) electrons. The van der Waals surface area contributed by atoms with E-state index in [1.54, 1.807) is 0 Å². The van der Waals surface area contributed by atoms with E-state index in [2.05, 4.69) is 217 Å². The van der Waals surface area contributed by atoms with Crippen LogP contribution in [-0.2, 0) is 0 Å². The van der Waals surface area contributed by atoms with Gasteiger partial charge in [-0.05, 0) is 104 Å². The van der Waals surface area contributed by atoms with Crippen LogP contribution < -0.4 is 4.90 Å². The summed E-state index contributed by atoms with van der Waals surface area (Å²) in [6, 6.07) is 80.8. The molecule has 1 heterocycles. The molecule has 0 N–H and O–H groups in total. The smallest absolute Gasteiger partial charge is 0.135 e. The van der Waals surface area contributed by atoms with E-state index in [-0.39, 0.29) is 0 Å². The molecule has 0 saturated heterocycles. The van der Waals surface area contributed by atoms with E-state index in [1.165, 1.54) is 49.4 Å². The Kier molecular flexibility index (Phi) is 8.19. The van der Waals surface area contributed by atoms with Gasteiger partial charge in [0, 0.05) is 27.2 Å². The Balaban J connectivity index is 1.06. The molecule has 0 unspecified atom stereocenters. The van der Waals surface area contributed by atoms with Gasteiger partial charge in [0.15, 0.2) is 0 Å². The molecular weight excluding hydrogens is 703 g/mol. The first-order valence-corrected chi connectivity index (χ1v) is 19.8. The van der Waals surface area contributed by atoms with Gasteiger partial charge in [0.25, 0.3) is 0 Å². The summed E-state index contributed by atoms with van der Waals surface area (Å²) in [5.41, 5.74) is 14.6. The van der Waals surface area contributed by atoms with E-state index in [4.69, 9.17) is 4.42 Å². The number of benzene rings is 10. The predicted molar refractivity (Wildman–Crippen MR) is 245 cm³/mol. The number of hydrogen-bond donors (Lipinski definition) is 0. The molecule has 0 spiro atoms. The average Bonchev–Trinajstić information content (AvgIpc) is 3.68. The molecule has 1 aromatic heterocycles. The topological polar surface area (TPSA) is 16.4 Å². The molecule has 0 saturated carbocycles. The zero-order valence-corrected chi connectivity index (χ0v) is 31.7. The van der Waals surface area contributed by atoms with Crippen LogP contribution in [0.2, 0.25) is 0 Å². The van der Waals surface area contributed by atoms with Gasteiger partial charge < -0.3 is 9.32 Å². The molecule has 10 aromatic carbocycles. The van der Waals surface area contributed by atoms with Crippen molar-refractivity contribution in [3.05, 3.63) is 224 Å². The molecule has 0 bridgehead atoms. The molecule has 2 heteroatoms. The van der Waals surface area contributed by atoms with Crippen LogP contribution in [0.1, 0.15) is 0 Å². The van der Waals surface area contributed by atoms with E-state index in [0.717, 1.165) is 55.7 Å². The fraction of sp³-hybridized carbons (Fsp3) is 0. The Hall–Kier alpha value is -7.68. The summed E-state index contributed by atoms with van der Waals surface area (Å²) in [5, 5.41) is 7.09. The minimum Gasteiger partial charge on any atom is -0.456 e. The second-order valence-corrected chi connectivity index (χ2v) is 14.9. The number of rotatable bonds is 7. The van der Waals surface area contributed by atoms with E-state index in [1.807, 2.05) is 12.1 Å². The second kappa shape index (κ2) is 14.1. The summed E-state index contributed by atoms with van der Waals surface area (Å²) in [6.07, 6.45) is 0. The van der Waals surface area contributed by atoms with Crippen LogP contribution in [0.4, 0.5) is 17.1 Å². The molecule has 2 nitrogen and oxygen atoms in total. The zero-order valence-electron chi connectivity index (χ0n) is 31.7. The van der Waals surface area contributed by atoms with Gasteiger partial charge >= 0.3 is 0 Å². The SMILES string of the molecule is c1ccc(-c2ccc(-c3ccc(N(c4cccc5ccccc45)c4ccc(-c5ccccc5)c5ccccc45)cc3)cc2-c2ccc3oc4ccccc4c3c2)cc1. The molecule has 0 fully saturated rings. The van der Waals surface area contributed by atoms with Crippen molar-refractivity contribution in [2.75, 3.05) is 4.90 Å². The average molecular weight is 740 g/mol. The van der Waals surface area contributed by atoms with Crippen LogP contribution in [0.15, 0.2) is 229 Å². The number of nitrogens with zero attached hydrogens (tertiary/aromatic N) is 1. The van der Waals surface area contributed by atoms with Crippen molar-refractivity contribution in [3.8, 4) is 44.5 Å². The summed E-state index contributed by atoms with van der Waals surface area (Å²) in [4.78, 5) is 2.43. The molecule has 58 heavy (non-hydrogen) atoms. The predicted octanol–water partition coefficient (Wildman–Crippen LogP) is 16.0. The van der Waals surface area contributed by atoms with Gasteiger partial charge in [-0.1, -0.05) is 176 Å². The van der Waals surface area contributed by atoms with Gasteiger partial charge in [-0.15, -0.1) is 0 Å². The highest BCUT2D eigenvalue weighted by Crippen LogP contribution is 2.45. The zero-order chi connectivity index (χ0) is 38.4. The van der Waals surface area contributed by atoms with Crippen LogP contribution in [-0.4, -0.2) is 0 Å². The fourth-order valence-corrected chi connectivity index (χ4v) is 8.69. The number of anilines is 3. The summed E-state index contributed by atoms with van der Waals surface area (Å²) in [7, 11) is 0. The number of fused-ring (bicyclic) bond motifs is 5. The van der Waals surface area contributed by atoms with E-state index >= 15 is 0 Å². The quantitative estimate of drug-likeness (QED) is 0.162. The molecule has 0 aliphatic heterocycles. The van der Waals surface area contributed by atoms with Gasteiger partial charge in [-0.25, -0.2) is 0 Å². The highest BCUT2D eigenvalue weighted by molar-refractivity contribution is 6.09. The minimum absolute atomic E-state index is 0.899. The van der Waals surface area contributed by atoms with Crippen molar-refractivity contribution >= 4 is 60.5 Å². The summed E-state index contributed by atoms with van der Waals surface area (Å²) in [6.45, 7) is 0. The first kappa shape index (κ1) is 33.6. The van der Waals surface area contributed by atoms with E-state index in [9.17, 15) is 0 Å². The molecule has 0 amide bonds. The first-order chi connectivity index (χ1) is 28.8. The molecule has 11 aromatic rings. The Morgan fingerprint density at radius 2 is 0.845 bits per heavy atom. The summed E-state index contributed by atoms with van der Waals surface area (Å²) >= 11 is 0. The Labute approximate surface area is 337 Å². The van der Waals surface area contributed by atoms with Crippen LogP contribution in [0, 0.1) is 0 Å². The lowest BCUT2D eigenvalue weighted by molar-refractivity contribution is 0.669. The third-order valence-corrected chi connectivity index (χ3v) is 11.5. The fourth-order valence-electron chi connectivity index (χ4n) is 8.69. The van der Waals surface area contributed by atoms with Crippen LogP contribution in [0.25, 0.3) is 88.0 Å². The maximum atomic E-state index is 6.21. The third-order valence-electron chi connectivity index (χ3n) is 11.5. The lowest BCUT2D eigenvalue weighted by Crippen LogP contribution is -2.11. The highest BCUT2D eigenvalue weighted by atomic mass is 16.3. The van der Waals surface area contributed by atoms with Crippen molar-refractivity contribution in [3.63, 3.8) is 0 Å². The van der Waals surface area contributed by atoms with Gasteiger partial charge in [0.1, 0.15) is 11.2 Å². The lowest BCUT2D eigenvalue weighted by Gasteiger charge is -2.29. The van der Waals surface area contributed by atoms with Crippen molar-refractivity contribution in [1.82, 2.24) is 0 Å². The first-order valence-electron chi connectivity index (χ1n) is 19.8. The molecular formula is C56H37NO. The van der Waals surface area contributed by atoms with Crippen LogP contribution in [0.3, 0.4) is 0 Å². The molecule has 0 atom stereocenters. The molecule has 0 aliphatic carbocycles. The summed E-state index contributed by atoms with van der Waals surface area (Å²) < 4.78 is 6.21. The minimum atomic E-state index is 0.899. The molecule has 0 aliphatic rings. The standard InChI is InChI=1S/C56H37NO/c1-3-14-39(15-4-1)45-33-34-54(49-22-10-9-21-48(45)49)57(53-24-13-19-41-18-7-8-20-47(41)53)44-30-26-38(27-31-44)42-28-32-46(40-16-5-2-6-17-40)51(36-42)43-29-35-56-52(37-43)50-23-11-12-25-55(50)58-56/h1-37H. The van der Waals surface area contributed by atoms with Gasteiger partial charge in [0.05, 0.1) is 11.4 Å². The maximum absolute atomic E-state index is 6.21. The van der Waals surface area contributed by atoms with Crippen molar-refractivity contribution in [1.29, 1.82) is 0 Å². The Morgan fingerprint density at radius 1 is 0.276 bits per heavy atom. The van der Waals surface area contributed by atoms with Crippen molar-refractivity contribution < 1.29 is 4.42 Å². The van der Waals surface area contributed by atoms with Crippen molar-refractivity contribution in [2.45, 2.75) is 0 Å². The van der Waals surface area contributed by atoms with E-state index in [0.29, 0.717) is 0 Å². The van der Waals surface area contributed by atoms with E-state index < -0.39 is 0 Å². The Bertz CT molecular complexity index is 3270. The number of para-hydroxylation sites is 1. The second-order valence-electron chi connectivity index (χ2n) is 14.9. The molecule has 272 valence electrons. The van der Waals surface area contributed by atoms with Crippen LogP contribution >= 0.6 is 0 Å². The van der Waals surface area contributed by atoms with Crippen LogP contribution in [0.5, 0.6) is 0 Å². The third kappa shape index (κ3) is 5.82. The van der Waals surface area contributed by atoms with Gasteiger partial charge in [0.2, 0.25) is 0 Å². The van der Waals surface area contributed by atoms with Gasteiger partial charge in [-0.3, -0.25) is 0 Å². The summed E-state index contributed by atoms with van der Waals surface area (Å²) in [5.74, 6) is 0. The number of furan rings is 1. The molecule has 11 rings (SSSR count). The van der Waals surface area contributed by atoms with Crippen molar-refractivity contribution in [2.24, 2.45) is 0 Å².